The highest BCUT2D eigenvalue weighted by Gasteiger charge is 2.38. The highest BCUT2D eigenvalue weighted by atomic mass is 16.5. The number of ether oxygens (including phenoxy) is 4. The lowest BCUT2D eigenvalue weighted by molar-refractivity contribution is -0.122. The van der Waals surface area contributed by atoms with E-state index in [0.717, 1.165) is 16.9 Å². The third-order valence-electron chi connectivity index (χ3n) is 6.35. The number of nitrogens with one attached hydrogen (secondary N) is 1. The third kappa shape index (κ3) is 4.60. The summed E-state index contributed by atoms with van der Waals surface area (Å²) in [5, 5.41) is 2.97. The van der Waals surface area contributed by atoms with Crippen molar-refractivity contribution in [3.8, 4) is 23.0 Å². The van der Waals surface area contributed by atoms with Crippen molar-refractivity contribution in [3.63, 3.8) is 0 Å². The van der Waals surface area contributed by atoms with Crippen molar-refractivity contribution in [1.29, 1.82) is 0 Å². The van der Waals surface area contributed by atoms with E-state index in [9.17, 15) is 9.59 Å². The Morgan fingerprint density at radius 2 is 1.50 bits per heavy atom. The van der Waals surface area contributed by atoms with Gasteiger partial charge in [-0.25, -0.2) is 0 Å². The lowest BCUT2D eigenvalue weighted by atomic mass is 9.73. The van der Waals surface area contributed by atoms with Gasteiger partial charge in [-0.05, 0) is 61.6 Å². The lowest BCUT2D eigenvalue weighted by Crippen LogP contribution is -2.38. The van der Waals surface area contributed by atoms with Crippen LogP contribution in [-0.4, -0.2) is 39.1 Å². The standard InChI is InChI=1S/C27H31NO6/c1-15(2)34-19-8-6-16(7-9-19)17-10-21-26(22(29)11-17)20(14-25(30)28-21)18-12-23(31-3)27(33-5)24(13-18)32-4/h6-9,12-13,15,17,20H,10-11,14H2,1-5H3,(H,28,30). The molecule has 1 aliphatic carbocycles. The molecule has 0 saturated heterocycles. The first-order valence-corrected chi connectivity index (χ1v) is 11.5. The van der Waals surface area contributed by atoms with Crippen LogP contribution in [0.1, 0.15) is 56.1 Å². The van der Waals surface area contributed by atoms with Gasteiger partial charge in [0.05, 0.1) is 27.4 Å². The van der Waals surface area contributed by atoms with Gasteiger partial charge in [-0.2, -0.15) is 0 Å². The zero-order valence-electron chi connectivity index (χ0n) is 20.3. The van der Waals surface area contributed by atoms with Crippen LogP contribution in [0.3, 0.4) is 0 Å². The van der Waals surface area contributed by atoms with Gasteiger partial charge in [0.25, 0.3) is 0 Å². The number of amides is 1. The number of rotatable bonds is 7. The molecule has 0 radical (unpaired) electrons. The van der Waals surface area contributed by atoms with Crippen molar-refractivity contribution in [1.82, 2.24) is 5.32 Å². The molecule has 2 aliphatic rings. The van der Waals surface area contributed by atoms with Gasteiger partial charge < -0.3 is 24.3 Å². The summed E-state index contributed by atoms with van der Waals surface area (Å²) in [5.41, 5.74) is 3.22. The Morgan fingerprint density at radius 1 is 0.853 bits per heavy atom. The van der Waals surface area contributed by atoms with E-state index in [1.807, 2.05) is 50.2 Å². The molecule has 0 aromatic heterocycles. The van der Waals surface area contributed by atoms with Crippen LogP contribution in [0.5, 0.6) is 23.0 Å². The van der Waals surface area contributed by atoms with Crippen LogP contribution in [0.2, 0.25) is 0 Å². The summed E-state index contributed by atoms with van der Waals surface area (Å²) in [6.45, 7) is 3.97. The number of carbonyl (C=O) groups excluding carboxylic acids is 2. The van der Waals surface area contributed by atoms with E-state index in [4.69, 9.17) is 18.9 Å². The number of hydrogen-bond donors (Lipinski definition) is 1. The average Bonchev–Trinajstić information content (AvgIpc) is 2.82. The lowest BCUT2D eigenvalue weighted by Gasteiger charge is -2.34. The molecule has 4 rings (SSSR count). The average molecular weight is 466 g/mol. The van der Waals surface area contributed by atoms with Crippen LogP contribution < -0.4 is 24.3 Å². The number of Topliss-reactive ketones (excluding diaryl/α,β-unsaturated/α-hetero) is 1. The Balaban J connectivity index is 1.68. The topological polar surface area (TPSA) is 83.1 Å². The Labute approximate surface area is 200 Å². The first-order valence-electron chi connectivity index (χ1n) is 11.5. The van der Waals surface area contributed by atoms with E-state index in [0.29, 0.717) is 41.4 Å². The van der Waals surface area contributed by atoms with Gasteiger partial charge in [0.15, 0.2) is 17.3 Å². The largest absolute Gasteiger partial charge is 0.493 e. The molecular formula is C27H31NO6. The maximum atomic E-state index is 13.4. The zero-order chi connectivity index (χ0) is 24.4. The van der Waals surface area contributed by atoms with E-state index in [1.54, 1.807) is 21.3 Å². The number of allylic oxidation sites excluding steroid dienone is 2. The fraction of sp³-hybridized carbons (Fsp3) is 0.407. The monoisotopic (exact) mass is 465 g/mol. The molecule has 2 atom stereocenters. The fourth-order valence-corrected chi connectivity index (χ4v) is 4.87. The minimum atomic E-state index is -0.368. The molecule has 7 nitrogen and oxygen atoms in total. The van der Waals surface area contributed by atoms with Crippen molar-refractivity contribution < 1.29 is 28.5 Å². The molecule has 34 heavy (non-hydrogen) atoms. The van der Waals surface area contributed by atoms with Crippen molar-refractivity contribution in [2.45, 2.75) is 51.0 Å². The number of benzene rings is 2. The second kappa shape index (κ2) is 9.79. The zero-order valence-corrected chi connectivity index (χ0v) is 20.3. The molecule has 180 valence electrons. The molecule has 1 aliphatic heterocycles. The summed E-state index contributed by atoms with van der Waals surface area (Å²) in [5.74, 6) is 1.84. The van der Waals surface area contributed by atoms with E-state index < -0.39 is 0 Å². The van der Waals surface area contributed by atoms with Crippen LogP contribution >= 0.6 is 0 Å². The normalized spacial score (nSPS) is 20.1. The molecule has 1 heterocycles. The van der Waals surface area contributed by atoms with Crippen LogP contribution in [0.25, 0.3) is 0 Å². The highest BCUT2D eigenvalue weighted by Crippen LogP contribution is 2.46. The van der Waals surface area contributed by atoms with Crippen molar-refractivity contribution in [2.75, 3.05) is 21.3 Å². The predicted octanol–water partition coefficient (Wildman–Crippen LogP) is 4.50. The van der Waals surface area contributed by atoms with E-state index in [1.165, 1.54) is 0 Å². The van der Waals surface area contributed by atoms with Crippen LogP contribution in [0, 0.1) is 0 Å². The fourth-order valence-electron chi connectivity index (χ4n) is 4.87. The highest BCUT2D eigenvalue weighted by molar-refractivity contribution is 6.02. The van der Waals surface area contributed by atoms with E-state index >= 15 is 0 Å². The third-order valence-corrected chi connectivity index (χ3v) is 6.35. The molecule has 1 amide bonds. The summed E-state index contributed by atoms with van der Waals surface area (Å²) in [6, 6.07) is 11.5. The maximum Gasteiger partial charge on any atom is 0.225 e. The quantitative estimate of drug-likeness (QED) is 0.648. The molecule has 0 spiro atoms. The molecule has 2 unspecified atom stereocenters. The maximum absolute atomic E-state index is 13.4. The Hall–Kier alpha value is -3.48. The number of carbonyl (C=O) groups is 2. The molecule has 2 aromatic rings. The predicted molar refractivity (Wildman–Crippen MR) is 128 cm³/mol. The number of ketones is 1. The van der Waals surface area contributed by atoms with Gasteiger partial charge in [-0.1, -0.05) is 12.1 Å². The summed E-state index contributed by atoms with van der Waals surface area (Å²) < 4.78 is 22.1. The molecule has 7 heteroatoms. The molecular weight excluding hydrogens is 434 g/mol. The van der Waals surface area contributed by atoms with Crippen LogP contribution in [0.15, 0.2) is 47.7 Å². The number of hydrogen-bond acceptors (Lipinski definition) is 6. The van der Waals surface area contributed by atoms with Crippen molar-refractivity contribution in [2.24, 2.45) is 0 Å². The molecule has 0 fully saturated rings. The summed E-state index contributed by atoms with van der Waals surface area (Å²) in [4.78, 5) is 26.1. The Bertz CT molecular complexity index is 1090. The van der Waals surface area contributed by atoms with Crippen LogP contribution in [0.4, 0.5) is 0 Å². The van der Waals surface area contributed by atoms with E-state index in [-0.39, 0.29) is 36.1 Å². The van der Waals surface area contributed by atoms with Crippen LogP contribution in [-0.2, 0) is 9.59 Å². The second-order valence-corrected chi connectivity index (χ2v) is 8.92. The van der Waals surface area contributed by atoms with Gasteiger partial charge in [-0.15, -0.1) is 0 Å². The van der Waals surface area contributed by atoms with Gasteiger partial charge >= 0.3 is 0 Å². The molecule has 2 aromatic carbocycles. The SMILES string of the molecule is COc1cc(C2CC(=O)NC3=C2C(=O)CC(c2ccc(OC(C)C)cc2)C3)cc(OC)c1OC. The van der Waals surface area contributed by atoms with Crippen molar-refractivity contribution in [3.05, 3.63) is 58.8 Å². The van der Waals surface area contributed by atoms with Crippen molar-refractivity contribution >= 4 is 11.7 Å². The smallest absolute Gasteiger partial charge is 0.225 e. The minimum absolute atomic E-state index is 0.00154. The first kappa shape index (κ1) is 23.7. The molecule has 0 saturated carbocycles. The van der Waals surface area contributed by atoms with Gasteiger partial charge in [-0.3, -0.25) is 9.59 Å². The Morgan fingerprint density at radius 3 is 2.06 bits per heavy atom. The summed E-state index contributed by atoms with van der Waals surface area (Å²) in [7, 11) is 4.64. The minimum Gasteiger partial charge on any atom is -0.493 e. The van der Waals surface area contributed by atoms with Gasteiger partial charge in [0.1, 0.15) is 5.75 Å². The Kier molecular flexibility index (Phi) is 6.82. The van der Waals surface area contributed by atoms with Gasteiger partial charge in [0.2, 0.25) is 11.7 Å². The summed E-state index contributed by atoms with van der Waals surface area (Å²) >= 11 is 0. The first-order chi connectivity index (χ1) is 16.3. The van der Waals surface area contributed by atoms with E-state index in [2.05, 4.69) is 5.32 Å². The second-order valence-electron chi connectivity index (χ2n) is 8.92. The summed E-state index contributed by atoms with van der Waals surface area (Å²) in [6.07, 6.45) is 1.27. The van der Waals surface area contributed by atoms with Gasteiger partial charge in [0, 0.05) is 30.0 Å². The molecule has 0 bridgehead atoms. The number of methoxy groups -OCH3 is 3. The molecule has 1 N–H and O–H groups in total.